The zero-order valence-electron chi connectivity index (χ0n) is 20.9. The van der Waals surface area contributed by atoms with Crippen LogP contribution >= 0.6 is 0 Å². The van der Waals surface area contributed by atoms with E-state index in [1.54, 1.807) is 12.1 Å². The van der Waals surface area contributed by atoms with Crippen LogP contribution in [0.15, 0.2) is 64.8 Å². The Morgan fingerprint density at radius 3 is 2.46 bits per heavy atom. The molecule has 0 spiro atoms. The molecule has 0 atom stereocenters. The van der Waals surface area contributed by atoms with Gasteiger partial charge < -0.3 is 20.4 Å². The number of hydrogen-bond donors (Lipinski definition) is 2. The molecule has 9 nitrogen and oxygen atoms in total. The van der Waals surface area contributed by atoms with Gasteiger partial charge >= 0.3 is 0 Å². The molecular weight excluding hydrogens is 440 g/mol. The summed E-state index contributed by atoms with van der Waals surface area (Å²) in [5.41, 5.74) is 4.21. The Hall–Kier alpha value is -4.11. The summed E-state index contributed by atoms with van der Waals surface area (Å²) in [6, 6.07) is 14.8. The Morgan fingerprint density at radius 1 is 1.03 bits per heavy atom. The highest BCUT2D eigenvalue weighted by Crippen LogP contribution is 2.30. The average Bonchev–Trinajstić information content (AvgIpc) is 2.84. The molecule has 182 valence electrons. The third kappa shape index (κ3) is 6.94. The molecule has 2 aromatic carbocycles. The maximum atomic E-state index is 12.8. The van der Waals surface area contributed by atoms with Crippen LogP contribution in [0.5, 0.6) is 0 Å². The lowest BCUT2D eigenvalue weighted by Gasteiger charge is -2.21. The second-order valence-electron chi connectivity index (χ2n) is 8.43. The number of aromatic nitrogens is 2. The molecule has 0 unspecified atom stereocenters. The molecule has 1 aromatic heterocycles. The summed E-state index contributed by atoms with van der Waals surface area (Å²) in [6.07, 6.45) is 1.48. The van der Waals surface area contributed by atoms with Crippen molar-refractivity contribution in [2.24, 2.45) is 9.98 Å². The minimum atomic E-state index is -0.197. The van der Waals surface area contributed by atoms with E-state index in [0.717, 1.165) is 30.0 Å². The van der Waals surface area contributed by atoms with Gasteiger partial charge in [0.1, 0.15) is 12.0 Å². The van der Waals surface area contributed by atoms with Gasteiger partial charge in [-0.25, -0.2) is 20.0 Å². The first kappa shape index (κ1) is 25.5. The maximum Gasteiger partial charge on any atom is 0.255 e. The van der Waals surface area contributed by atoms with Gasteiger partial charge in [-0.15, -0.1) is 0 Å². The number of anilines is 3. The molecule has 0 aliphatic carbocycles. The lowest BCUT2D eigenvalue weighted by atomic mass is 10.1. The van der Waals surface area contributed by atoms with Crippen LogP contribution in [0.2, 0.25) is 0 Å². The minimum Gasteiger partial charge on any atom is -0.343 e. The number of hydrogen-bond acceptors (Lipinski definition) is 6. The Bertz CT molecular complexity index is 1210. The van der Waals surface area contributed by atoms with Crippen molar-refractivity contribution in [3.63, 3.8) is 0 Å². The largest absolute Gasteiger partial charge is 0.343 e. The van der Waals surface area contributed by atoms with Crippen molar-refractivity contribution in [2.45, 2.75) is 13.8 Å². The number of para-hydroxylation sites is 1. The molecule has 3 rings (SSSR count). The second-order valence-corrected chi connectivity index (χ2v) is 8.43. The zero-order valence-corrected chi connectivity index (χ0v) is 20.9. The molecule has 0 aliphatic heterocycles. The van der Waals surface area contributed by atoms with Gasteiger partial charge in [-0.05, 0) is 64.5 Å². The third-order valence-corrected chi connectivity index (χ3v) is 5.37. The summed E-state index contributed by atoms with van der Waals surface area (Å²) in [6.45, 7) is 9.09. The SMILES string of the molecule is C=NC(=Nc1c(C)ncnc1Nc1cc(C(=O)Nc2ccccc2)ccc1C)N(C)CCN(C)C. The average molecular weight is 473 g/mol. The van der Waals surface area contributed by atoms with Crippen molar-refractivity contribution < 1.29 is 4.79 Å². The lowest BCUT2D eigenvalue weighted by Crippen LogP contribution is -2.32. The highest BCUT2D eigenvalue weighted by Gasteiger charge is 2.14. The van der Waals surface area contributed by atoms with E-state index in [1.165, 1.54) is 6.33 Å². The third-order valence-electron chi connectivity index (χ3n) is 5.37. The number of carbonyl (C=O) groups is 1. The van der Waals surface area contributed by atoms with Crippen molar-refractivity contribution in [1.29, 1.82) is 0 Å². The quantitative estimate of drug-likeness (QED) is 0.375. The summed E-state index contributed by atoms with van der Waals surface area (Å²) >= 11 is 0. The second kappa shape index (κ2) is 11.8. The van der Waals surface area contributed by atoms with Crippen LogP contribution in [-0.2, 0) is 0 Å². The van der Waals surface area contributed by atoms with Crippen molar-refractivity contribution in [3.05, 3.63) is 71.7 Å². The Morgan fingerprint density at radius 2 is 1.77 bits per heavy atom. The number of aliphatic imine (C=N–C) groups is 2. The minimum absolute atomic E-state index is 0.197. The van der Waals surface area contributed by atoms with E-state index in [0.29, 0.717) is 28.7 Å². The lowest BCUT2D eigenvalue weighted by molar-refractivity contribution is 0.102. The van der Waals surface area contributed by atoms with E-state index >= 15 is 0 Å². The molecule has 2 N–H and O–H groups in total. The van der Waals surface area contributed by atoms with Gasteiger partial charge in [0.05, 0.1) is 5.69 Å². The standard InChI is InChI=1S/C26H32N8O/c1-18-12-13-20(25(35)30-21-10-8-7-9-11-21)16-22(18)31-24-23(19(2)28-17-29-24)32-26(27-3)34(6)15-14-33(4)5/h7-13,16-17H,3,14-15H2,1-2,4-6H3,(H,30,35)(H,28,29,31). The molecule has 1 amide bonds. The van der Waals surface area contributed by atoms with Crippen molar-refractivity contribution in [1.82, 2.24) is 19.8 Å². The highest BCUT2D eigenvalue weighted by atomic mass is 16.1. The van der Waals surface area contributed by atoms with Crippen LogP contribution in [0.1, 0.15) is 21.6 Å². The molecule has 3 aromatic rings. The number of amides is 1. The maximum absolute atomic E-state index is 12.8. The van der Waals surface area contributed by atoms with Crippen molar-refractivity contribution in [2.75, 3.05) is 44.9 Å². The summed E-state index contributed by atoms with van der Waals surface area (Å²) < 4.78 is 0. The van der Waals surface area contributed by atoms with Gasteiger partial charge in [-0.2, -0.15) is 0 Å². The van der Waals surface area contributed by atoms with Crippen LogP contribution in [0.4, 0.5) is 22.9 Å². The first-order valence-electron chi connectivity index (χ1n) is 11.3. The van der Waals surface area contributed by atoms with Crippen LogP contribution in [0, 0.1) is 13.8 Å². The summed E-state index contributed by atoms with van der Waals surface area (Å²) in [4.78, 5) is 34.4. The van der Waals surface area contributed by atoms with Crippen molar-refractivity contribution in [3.8, 4) is 0 Å². The van der Waals surface area contributed by atoms with Gasteiger partial charge in [-0.1, -0.05) is 24.3 Å². The smallest absolute Gasteiger partial charge is 0.255 e. The summed E-state index contributed by atoms with van der Waals surface area (Å²) in [7, 11) is 5.95. The van der Waals surface area contributed by atoms with E-state index in [9.17, 15) is 4.79 Å². The molecular formula is C26H32N8O. The number of nitrogens with one attached hydrogen (secondary N) is 2. The monoisotopic (exact) mass is 472 g/mol. The van der Waals surface area contributed by atoms with Crippen LogP contribution in [0.3, 0.4) is 0 Å². The van der Waals surface area contributed by atoms with Crippen molar-refractivity contribution >= 4 is 41.5 Å². The number of aryl methyl sites for hydroxylation is 2. The number of rotatable bonds is 8. The molecule has 0 aliphatic rings. The Kier molecular flexibility index (Phi) is 8.63. The summed E-state index contributed by atoms with van der Waals surface area (Å²) in [5, 5.41) is 6.25. The fourth-order valence-electron chi connectivity index (χ4n) is 3.23. The molecule has 9 heteroatoms. The normalized spacial score (nSPS) is 11.3. The number of nitrogens with zero attached hydrogens (tertiary/aromatic N) is 6. The first-order valence-corrected chi connectivity index (χ1v) is 11.3. The fourth-order valence-corrected chi connectivity index (χ4v) is 3.23. The highest BCUT2D eigenvalue weighted by molar-refractivity contribution is 6.05. The Labute approximate surface area is 206 Å². The molecule has 0 fully saturated rings. The molecule has 35 heavy (non-hydrogen) atoms. The number of carbonyl (C=O) groups excluding carboxylic acids is 1. The zero-order chi connectivity index (χ0) is 25.4. The van der Waals surface area contributed by atoms with Gasteiger partial charge in [0.25, 0.3) is 5.91 Å². The van der Waals surface area contributed by atoms with Gasteiger partial charge in [0.2, 0.25) is 5.96 Å². The predicted octanol–water partition coefficient (Wildman–Crippen LogP) is 4.27. The van der Waals surface area contributed by atoms with Crippen LogP contribution < -0.4 is 10.6 Å². The fraction of sp³-hybridized carbons (Fsp3) is 0.269. The number of guanidine groups is 1. The Balaban J connectivity index is 1.89. The van der Waals surface area contributed by atoms with E-state index in [-0.39, 0.29) is 5.91 Å². The molecule has 0 saturated heterocycles. The summed E-state index contributed by atoms with van der Waals surface area (Å²) in [5.74, 6) is 0.793. The predicted molar refractivity (Wildman–Crippen MR) is 143 cm³/mol. The van der Waals surface area contributed by atoms with E-state index in [1.807, 2.05) is 76.3 Å². The first-order chi connectivity index (χ1) is 16.8. The molecule has 0 saturated carbocycles. The van der Waals surface area contributed by atoms with E-state index in [2.05, 4.69) is 37.2 Å². The molecule has 0 radical (unpaired) electrons. The van der Waals surface area contributed by atoms with Crippen LogP contribution in [0.25, 0.3) is 0 Å². The number of benzene rings is 2. The molecule has 0 bridgehead atoms. The van der Waals surface area contributed by atoms with E-state index in [4.69, 9.17) is 4.99 Å². The molecule has 1 heterocycles. The van der Waals surface area contributed by atoms with Gasteiger partial charge in [0, 0.05) is 37.1 Å². The topological polar surface area (TPSA) is 98.1 Å². The van der Waals surface area contributed by atoms with Gasteiger partial charge in [0.15, 0.2) is 5.82 Å². The number of likely N-dealkylation sites (N-methyl/N-ethyl adjacent to an activating group) is 2. The van der Waals surface area contributed by atoms with Gasteiger partial charge in [-0.3, -0.25) is 4.79 Å². The van der Waals surface area contributed by atoms with Crippen LogP contribution in [-0.4, -0.2) is 72.6 Å². The van der Waals surface area contributed by atoms with E-state index < -0.39 is 0 Å².